The Morgan fingerprint density at radius 1 is 0.898 bits per heavy atom. The largest absolute Gasteiger partial charge is 0.573 e. The maximum absolute atomic E-state index is 13.5. The summed E-state index contributed by atoms with van der Waals surface area (Å²) in [5.41, 5.74) is -4.44. The van der Waals surface area contributed by atoms with Crippen molar-refractivity contribution in [1.82, 2.24) is 14.8 Å². The molecular formula is C31H27F9N4O5. The number of aryl methyl sites for hydroxylation is 1. The quantitative estimate of drug-likeness (QED) is 0.297. The third-order valence-corrected chi connectivity index (χ3v) is 7.27. The molecule has 1 unspecified atom stereocenters. The van der Waals surface area contributed by atoms with E-state index >= 15 is 0 Å². The number of alkyl halides is 9. The average molecular weight is 707 g/mol. The SMILES string of the molecule is CC.Cc1cc(OC(F)(F)F)ccc1OCC(=O)N1CCN2C(=O)c3nc(-c4cc(C(F)(F)F)cc(C(F)(F)F)c4)ccc3NC(=O)C2C1. The molecule has 1 atom stereocenters. The standard InChI is InChI=1S/C29H21F9N4O5.C2H6/c1-14-8-18(47-29(36,37)38)2-5-22(14)46-13-23(43)41-6-7-42-21(12-41)25(44)40-20-4-3-19(39-24(20)26(42)45)15-9-16(27(30,31)32)11-17(10-15)28(33,34)35;1-2/h2-5,8-11,21H,6-7,12-13H2,1H3,(H,40,44);1-2H3. The minimum Gasteiger partial charge on any atom is -0.483 e. The summed E-state index contributed by atoms with van der Waals surface area (Å²) >= 11 is 0. The number of anilines is 1. The van der Waals surface area contributed by atoms with E-state index in [1.54, 1.807) is 0 Å². The average Bonchev–Trinajstić information content (AvgIpc) is 3.12. The highest BCUT2D eigenvalue weighted by Crippen LogP contribution is 2.39. The van der Waals surface area contributed by atoms with E-state index in [0.29, 0.717) is 12.1 Å². The summed E-state index contributed by atoms with van der Waals surface area (Å²) < 4.78 is 127. The van der Waals surface area contributed by atoms with E-state index in [4.69, 9.17) is 4.74 Å². The Labute approximate surface area is 272 Å². The van der Waals surface area contributed by atoms with Crippen LogP contribution in [0, 0.1) is 6.92 Å². The minimum absolute atomic E-state index is 0.0425. The second-order valence-electron chi connectivity index (χ2n) is 10.5. The number of rotatable bonds is 5. The van der Waals surface area contributed by atoms with Gasteiger partial charge in [-0.1, -0.05) is 13.8 Å². The second kappa shape index (κ2) is 13.8. The molecule has 9 nitrogen and oxygen atoms in total. The second-order valence-corrected chi connectivity index (χ2v) is 10.5. The topological polar surface area (TPSA) is 101 Å². The zero-order valence-electron chi connectivity index (χ0n) is 25.8. The van der Waals surface area contributed by atoms with Crippen molar-refractivity contribution in [2.24, 2.45) is 0 Å². The first kappa shape index (κ1) is 36.8. The van der Waals surface area contributed by atoms with Crippen molar-refractivity contribution in [3.63, 3.8) is 0 Å². The van der Waals surface area contributed by atoms with Crippen LogP contribution in [0.5, 0.6) is 11.5 Å². The molecule has 2 aliphatic rings. The number of benzene rings is 2. The molecule has 3 aromatic rings. The van der Waals surface area contributed by atoms with Crippen LogP contribution in [0.15, 0.2) is 48.5 Å². The number of nitrogens with zero attached hydrogens (tertiary/aromatic N) is 3. The van der Waals surface area contributed by atoms with Crippen LogP contribution in [0.2, 0.25) is 0 Å². The van der Waals surface area contributed by atoms with Crippen molar-refractivity contribution in [2.45, 2.75) is 45.5 Å². The Balaban J connectivity index is 0.00000265. The Morgan fingerprint density at radius 2 is 1.53 bits per heavy atom. The van der Waals surface area contributed by atoms with Gasteiger partial charge in [0.25, 0.3) is 11.8 Å². The van der Waals surface area contributed by atoms with E-state index < -0.39 is 77.2 Å². The number of aromatic nitrogens is 1. The molecule has 0 spiro atoms. The molecule has 5 rings (SSSR count). The van der Waals surface area contributed by atoms with E-state index in [1.165, 1.54) is 17.9 Å². The van der Waals surface area contributed by atoms with Gasteiger partial charge >= 0.3 is 18.7 Å². The lowest BCUT2D eigenvalue weighted by molar-refractivity contribution is -0.274. The van der Waals surface area contributed by atoms with Crippen molar-refractivity contribution in [3.8, 4) is 22.8 Å². The molecule has 264 valence electrons. The van der Waals surface area contributed by atoms with E-state index in [9.17, 15) is 53.9 Å². The summed E-state index contributed by atoms with van der Waals surface area (Å²) in [5, 5.41) is 2.46. The van der Waals surface area contributed by atoms with Gasteiger partial charge in [0.2, 0.25) is 5.91 Å². The smallest absolute Gasteiger partial charge is 0.483 e. The Hall–Kier alpha value is -5.03. The van der Waals surface area contributed by atoms with Crippen molar-refractivity contribution < 1.29 is 63.4 Å². The molecule has 1 aromatic heterocycles. The summed E-state index contributed by atoms with van der Waals surface area (Å²) in [6, 6.07) is 5.07. The third kappa shape index (κ3) is 8.53. The number of hydrogen-bond donors (Lipinski definition) is 1. The molecule has 0 bridgehead atoms. The predicted octanol–water partition coefficient (Wildman–Crippen LogP) is 6.70. The van der Waals surface area contributed by atoms with Crippen molar-refractivity contribution in [2.75, 3.05) is 31.6 Å². The minimum atomic E-state index is -5.12. The number of fused-ring (bicyclic) bond motifs is 2. The molecule has 2 aromatic carbocycles. The van der Waals surface area contributed by atoms with Gasteiger partial charge in [-0.2, -0.15) is 26.3 Å². The number of amides is 3. The number of nitrogens with one attached hydrogen (secondary N) is 1. The summed E-state index contributed by atoms with van der Waals surface area (Å²) in [6.07, 6.45) is -15.1. The number of halogens is 9. The Bertz CT molecular complexity index is 1710. The van der Waals surface area contributed by atoms with Gasteiger partial charge in [0.05, 0.1) is 29.1 Å². The van der Waals surface area contributed by atoms with Crippen LogP contribution >= 0.6 is 0 Å². The molecule has 0 saturated carbocycles. The molecule has 0 aliphatic carbocycles. The Morgan fingerprint density at radius 3 is 2.10 bits per heavy atom. The van der Waals surface area contributed by atoms with Crippen LogP contribution in [-0.2, 0) is 21.9 Å². The first-order valence-corrected chi connectivity index (χ1v) is 14.5. The van der Waals surface area contributed by atoms with Gasteiger partial charge in [0.15, 0.2) is 12.3 Å². The van der Waals surface area contributed by atoms with Gasteiger partial charge in [0, 0.05) is 18.7 Å². The number of ether oxygens (including phenoxy) is 2. The molecule has 1 N–H and O–H groups in total. The van der Waals surface area contributed by atoms with E-state index in [2.05, 4.69) is 15.0 Å². The van der Waals surface area contributed by atoms with Crippen LogP contribution in [-0.4, -0.2) is 71.2 Å². The maximum atomic E-state index is 13.5. The van der Waals surface area contributed by atoms with Crippen molar-refractivity contribution in [3.05, 3.63) is 70.9 Å². The van der Waals surface area contributed by atoms with Gasteiger partial charge in [-0.15, -0.1) is 13.2 Å². The lowest BCUT2D eigenvalue weighted by atomic mass is 10.0. The fraction of sp³-hybridized carbons (Fsp3) is 0.355. The molecule has 49 heavy (non-hydrogen) atoms. The zero-order valence-corrected chi connectivity index (χ0v) is 25.8. The molecule has 1 saturated heterocycles. The number of carbonyl (C=O) groups is 3. The third-order valence-electron chi connectivity index (χ3n) is 7.27. The molecule has 1 fully saturated rings. The van der Waals surface area contributed by atoms with Gasteiger partial charge in [-0.3, -0.25) is 14.4 Å². The fourth-order valence-corrected chi connectivity index (χ4v) is 5.03. The van der Waals surface area contributed by atoms with Crippen molar-refractivity contribution in [1.29, 1.82) is 0 Å². The highest BCUT2D eigenvalue weighted by molar-refractivity contribution is 6.09. The number of piperazine rings is 1. The molecule has 0 radical (unpaired) electrons. The van der Waals surface area contributed by atoms with Crippen LogP contribution in [0.4, 0.5) is 45.2 Å². The van der Waals surface area contributed by atoms with Crippen LogP contribution < -0.4 is 14.8 Å². The number of hydrogen-bond acceptors (Lipinski definition) is 6. The summed E-state index contributed by atoms with van der Waals surface area (Å²) in [5.74, 6) is -2.60. The Kier molecular flexibility index (Phi) is 10.4. The molecular weight excluding hydrogens is 679 g/mol. The molecule has 2 aliphatic heterocycles. The molecule has 3 amide bonds. The number of pyridine rings is 1. The zero-order chi connectivity index (χ0) is 36.5. The first-order chi connectivity index (χ1) is 22.8. The van der Waals surface area contributed by atoms with Gasteiger partial charge < -0.3 is 24.6 Å². The van der Waals surface area contributed by atoms with Crippen LogP contribution in [0.3, 0.4) is 0 Å². The van der Waals surface area contributed by atoms with Gasteiger partial charge in [-0.25, -0.2) is 4.98 Å². The lowest BCUT2D eigenvalue weighted by Crippen LogP contribution is -2.60. The highest BCUT2D eigenvalue weighted by Gasteiger charge is 2.42. The van der Waals surface area contributed by atoms with E-state index in [-0.39, 0.29) is 48.4 Å². The van der Waals surface area contributed by atoms with Gasteiger partial charge in [-0.05, 0) is 61.0 Å². The molecule has 3 heterocycles. The fourth-order valence-electron chi connectivity index (χ4n) is 5.03. The molecule has 18 heteroatoms. The lowest BCUT2D eigenvalue weighted by Gasteiger charge is -2.39. The predicted molar refractivity (Wildman–Crippen MR) is 154 cm³/mol. The van der Waals surface area contributed by atoms with Crippen molar-refractivity contribution >= 4 is 23.4 Å². The summed E-state index contributed by atoms with van der Waals surface area (Å²) in [6.45, 7) is 4.28. The maximum Gasteiger partial charge on any atom is 0.573 e. The normalized spacial score (nSPS) is 16.4. The summed E-state index contributed by atoms with van der Waals surface area (Å²) in [4.78, 5) is 45.9. The van der Waals surface area contributed by atoms with Gasteiger partial charge in [0.1, 0.15) is 17.5 Å². The van der Waals surface area contributed by atoms with E-state index in [1.807, 2.05) is 13.8 Å². The monoisotopic (exact) mass is 706 g/mol. The first-order valence-electron chi connectivity index (χ1n) is 14.5. The summed E-state index contributed by atoms with van der Waals surface area (Å²) in [7, 11) is 0. The number of carbonyl (C=O) groups excluding carboxylic acids is 3. The van der Waals surface area contributed by atoms with Crippen LogP contribution in [0.1, 0.15) is 41.0 Å². The van der Waals surface area contributed by atoms with E-state index in [0.717, 1.165) is 29.2 Å². The highest BCUT2D eigenvalue weighted by atomic mass is 19.4. The van der Waals surface area contributed by atoms with Crippen LogP contribution in [0.25, 0.3) is 11.3 Å².